The number of piperidine rings is 1. The van der Waals surface area contributed by atoms with Crippen LogP contribution in [0.5, 0.6) is 0 Å². The van der Waals surface area contributed by atoms with E-state index in [2.05, 4.69) is 42.7 Å². The van der Waals surface area contributed by atoms with Gasteiger partial charge >= 0.3 is 0 Å². The van der Waals surface area contributed by atoms with E-state index in [4.69, 9.17) is 0 Å². The van der Waals surface area contributed by atoms with Crippen molar-refractivity contribution in [1.29, 1.82) is 0 Å². The zero-order valence-electron chi connectivity index (χ0n) is 12.5. The molecule has 0 radical (unpaired) electrons. The van der Waals surface area contributed by atoms with Gasteiger partial charge in [-0.3, -0.25) is 4.79 Å². The summed E-state index contributed by atoms with van der Waals surface area (Å²) < 4.78 is 0. The molecule has 3 heteroatoms. The highest BCUT2D eigenvalue weighted by atomic mass is 16.2. The minimum Gasteiger partial charge on any atom is -0.372 e. The normalized spacial score (nSPS) is 16.0. The standard InChI is InChI=1S/C17H24N2O/c1-4-17(20)18(3)13-15-5-7-16(8-6-15)19-11-9-14(2)10-12-19/h4-8,14H,1,9-13H2,2-3H3. The minimum absolute atomic E-state index is 0.0425. The lowest BCUT2D eigenvalue weighted by Gasteiger charge is -2.32. The average molecular weight is 272 g/mol. The van der Waals surface area contributed by atoms with Crippen molar-refractivity contribution >= 4 is 11.6 Å². The van der Waals surface area contributed by atoms with Gasteiger partial charge in [0.2, 0.25) is 5.91 Å². The second-order valence-electron chi connectivity index (χ2n) is 5.73. The fourth-order valence-electron chi connectivity index (χ4n) is 2.59. The van der Waals surface area contributed by atoms with Gasteiger partial charge in [-0.2, -0.15) is 0 Å². The third-order valence-corrected chi connectivity index (χ3v) is 4.06. The van der Waals surface area contributed by atoms with Gasteiger partial charge in [-0.05, 0) is 42.5 Å². The molecule has 1 heterocycles. The molecule has 1 saturated heterocycles. The van der Waals surface area contributed by atoms with Crippen LogP contribution in [0, 0.1) is 5.92 Å². The first-order valence-corrected chi connectivity index (χ1v) is 7.31. The molecule has 20 heavy (non-hydrogen) atoms. The maximum atomic E-state index is 11.5. The van der Waals surface area contributed by atoms with Crippen molar-refractivity contribution < 1.29 is 4.79 Å². The Labute approximate surface area is 121 Å². The average Bonchev–Trinajstić information content (AvgIpc) is 2.48. The zero-order chi connectivity index (χ0) is 14.5. The number of carbonyl (C=O) groups is 1. The molecule has 0 aromatic heterocycles. The minimum atomic E-state index is -0.0425. The van der Waals surface area contributed by atoms with Crippen molar-refractivity contribution in [2.24, 2.45) is 5.92 Å². The summed E-state index contributed by atoms with van der Waals surface area (Å²) in [6.45, 7) is 8.76. The number of hydrogen-bond acceptors (Lipinski definition) is 2. The van der Waals surface area contributed by atoms with Crippen LogP contribution in [0.3, 0.4) is 0 Å². The van der Waals surface area contributed by atoms with Crippen molar-refractivity contribution in [3.05, 3.63) is 42.5 Å². The summed E-state index contributed by atoms with van der Waals surface area (Å²) in [7, 11) is 1.80. The smallest absolute Gasteiger partial charge is 0.245 e. The van der Waals surface area contributed by atoms with Crippen LogP contribution in [-0.2, 0) is 11.3 Å². The van der Waals surface area contributed by atoms with Gasteiger partial charge in [0, 0.05) is 32.4 Å². The van der Waals surface area contributed by atoms with E-state index in [0.29, 0.717) is 6.54 Å². The van der Waals surface area contributed by atoms with Crippen LogP contribution in [-0.4, -0.2) is 30.9 Å². The van der Waals surface area contributed by atoms with Crippen LogP contribution < -0.4 is 4.90 Å². The summed E-state index contributed by atoms with van der Waals surface area (Å²) in [6.07, 6.45) is 3.90. The van der Waals surface area contributed by atoms with Gasteiger partial charge in [0.1, 0.15) is 0 Å². The first kappa shape index (κ1) is 14.6. The zero-order valence-corrected chi connectivity index (χ0v) is 12.5. The fraction of sp³-hybridized carbons (Fsp3) is 0.471. The van der Waals surface area contributed by atoms with Crippen molar-refractivity contribution in [1.82, 2.24) is 4.90 Å². The number of benzene rings is 1. The van der Waals surface area contributed by atoms with E-state index < -0.39 is 0 Å². The van der Waals surface area contributed by atoms with E-state index in [-0.39, 0.29) is 5.91 Å². The van der Waals surface area contributed by atoms with E-state index in [1.165, 1.54) is 24.6 Å². The van der Waals surface area contributed by atoms with E-state index in [0.717, 1.165) is 24.6 Å². The molecule has 1 aromatic carbocycles. The van der Waals surface area contributed by atoms with Gasteiger partial charge in [0.05, 0.1) is 0 Å². The first-order chi connectivity index (χ1) is 9.60. The van der Waals surface area contributed by atoms with Crippen molar-refractivity contribution in [2.75, 3.05) is 25.0 Å². The number of nitrogens with zero attached hydrogens (tertiary/aromatic N) is 2. The Kier molecular flexibility index (Phi) is 4.83. The van der Waals surface area contributed by atoms with Gasteiger partial charge in [0.15, 0.2) is 0 Å². The maximum Gasteiger partial charge on any atom is 0.245 e. The monoisotopic (exact) mass is 272 g/mol. The molecule has 1 amide bonds. The summed E-state index contributed by atoms with van der Waals surface area (Å²) in [5.41, 5.74) is 2.44. The third-order valence-electron chi connectivity index (χ3n) is 4.06. The lowest BCUT2D eigenvalue weighted by Crippen LogP contribution is -2.32. The molecule has 1 aliphatic heterocycles. The number of hydrogen-bond donors (Lipinski definition) is 0. The largest absolute Gasteiger partial charge is 0.372 e. The molecule has 3 nitrogen and oxygen atoms in total. The molecular formula is C17H24N2O. The highest BCUT2D eigenvalue weighted by molar-refractivity contribution is 5.86. The molecule has 0 spiro atoms. The second-order valence-corrected chi connectivity index (χ2v) is 5.73. The number of carbonyl (C=O) groups excluding carboxylic acids is 1. The van der Waals surface area contributed by atoms with Crippen molar-refractivity contribution in [3.8, 4) is 0 Å². The Bertz CT molecular complexity index is 458. The van der Waals surface area contributed by atoms with Gasteiger partial charge < -0.3 is 9.80 Å². The summed E-state index contributed by atoms with van der Waals surface area (Å²) in [5, 5.41) is 0. The van der Waals surface area contributed by atoms with Crippen LogP contribution in [0.1, 0.15) is 25.3 Å². The van der Waals surface area contributed by atoms with Gasteiger partial charge in [-0.15, -0.1) is 0 Å². The SMILES string of the molecule is C=CC(=O)N(C)Cc1ccc(N2CCC(C)CC2)cc1. The Morgan fingerprint density at radius 1 is 1.35 bits per heavy atom. The van der Waals surface area contributed by atoms with Crippen molar-refractivity contribution in [2.45, 2.75) is 26.3 Å². The van der Waals surface area contributed by atoms with E-state index in [9.17, 15) is 4.79 Å². The highest BCUT2D eigenvalue weighted by Crippen LogP contribution is 2.23. The molecule has 2 rings (SSSR count). The van der Waals surface area contributed by atoms with Crippen LogP contribution in [0.4, 0.5) is 5.69 Å². The summed E-state index contributed by atoms with van der Waals surface area (Å²) in [6, 6.07) is 8.55. The van der Waals surface area contributed by atoms with Crippen LogP contribution >= 0.6 is 0 Å². The topological polar surface area (TPSA) is 23.6 Å². The number of anilines is 1. The molecule has 0 atom stereocenters. The van der Waals surface area contributed by atoms with E-state index >= 15 is 0 Å². The summed E-state index contributed by atoms with van der Waals surface area (Å²) in [4.78, 5) is 15.6. The maximum absolute atomic E-state index is 11.5. The third kappa shape index (κ3) is 3.62. The quantitative estimate of drug-likeness (QED) is 0.786. The predicted octanol–water partition coefficient (Wildman–Crippen LogP) is 3.07. The van der Waals surface area contributed by atoms with Gasteiger partial charge in [-0.25, -0.2) is 0 Å². The second kappa shape index (κ2) is 6.60. The Morgan fingerprint density at radius 2 is 1.95 bits per heavy atom. The number of rotatable bonds is 4. The highest BCUT2D eigenvalue weighted by Gasteiger charge is 2.15. The summed E-state index contributed by atoms with van der Waals surface area (Å²) in [5.74, 6) is 0.809. The fourth-order valence-corrected chi connectivity index (χ4v) is 2.59. The lowest BCUT2D eigenvalue weighted by atomic mass is 9.98. The Hall–Kier alpha value is -1.77. The molecule has 0 aliphatic carbocycles. The molecule has 0 bridgehead atoms. The van der Waals surface area contributed by atoms with Crippen LogP contribution in [0.2, 0.25) is 0 Å². The number of amides is 1. The molecular weight excluding hydrogens is 248 g/mol. The van der Waals surface area contributed by atoms with Crippen molar-refractivity contribution in [3.63, 3.8) is 0 Å². The molecule has 1 aliphatic rings. The summed E-state index contributed by atoms with van der Waals surface area (Å²) >= 11 is 0. The van der Waals surface area contributed by atoms with Crippen LogP contribution in [0.25, 0.3) is 0 Å². The Morgan fingerprint density at radius 3 is 2.50 bits per heavy atom. The lowest BCUT2D eigenvalue weighted by molar-refractivity contribution is -0.125. The molecule has 1 aromatic rings. The molecule has 0 saturated carbocycles. The predicted molar refractivity (Wildman–Crippen MR) is 83.7 cm³/mol. The van der Waals surface area contributed by atoms with Gasteiger partial charge in [-0.1, -0.05) is 25.6 Å². The molecule has 108 valence electrons. The molecule has 0 unspecified atom stereocenters. The Balaban J connectivity index is 1.96. The molecule has 1 fully saturated rings. The van der Waals surface area contributed by atoms with Crippen LogP contribution in [0.15, 0.2) is 36.9 Å². The first-order valence-electron chi connectivity index (χ1n) is 7.31. The van der Waals surface area contributed by atoms with E-state index in [1.54, 1.807) is 11.9 Å². The van der Waals surface area contributed by atoms with E-state index in [1.807, 2.05) is 0 Å². The van der Waals surface area contributed by atoms with Gasteiger partial charge in [0.25, 0.3) is 0 Å². The number of likely N-dealkylation sites (N-methyl/N-ethyl adjacent to an activating group) is 1. The molecule has 0 N–H and O–H groups in total.